The quantitative estimate of drug-likeness (QED) is 0.853. The fraction of sp³-hybridized carbons (Fsp3) is 0.429. The average Bonchev–Trinajstić information content (AvgIpc) is 2.86. The van der Waals surface area contributed by atoms with Crippen LogP contribution in [0.1, 0.15) is 31.6 Å². The predicted molar refractivity (Wildman–Crippen MR) is 80.3 cm³/mol. The number of aromatic amines is 1. The number of fused-ring (bicyclic) bond motifs is 1. The van der Waals surface area contributed by atoms with Gasteiger partial charge in [0.05, 0.1) is 17.1 Å². The molecular weight excluding hydrogens is 258 g/mol. The van der Waals surface area contributed by atoms with E-state index in [1.807, 2.05) is 31.2 Å². The van der Waals surface area contributed by atoms with Gasteiger partial charge in [0.1, 0.15) is 5.82 Å². The van der Waals surface area contributed by atoms with E-state index in [4.69, 9.17) is 0 Å². The van der Waals surface area contributed by atoms with Crippen molar-refractivity contribution >= 4 is 28.7 Å². The smallest absolute Gasteiger partial charge is 0.220 e. The summed E-state index contributed by atoms with van der Waals surface area (Å²) in [5.74, 6) is 1.90. The van der Waals surface area contributed by atoms with Crippen LogP contribution < -0.4 is 5.32 Å². The minimum Gasteiger partial charge on any atom is -0.346 e. The molecule has 1 aromatic heterocycles. The Labute approximate surface area is 117 Å². The Morgan fingerprint density at radius 2 is 2.26 bits per heavy atom. The second-order valence-electron chi connectivity index (χ2n) is 4.39. The van der Waals surface area contributed by atoms with Gasteiger partial charge in [-0.15, -0.1) is 0 Å². The van der Waals surface area contributed by atoms with Gasteiger partial charge >= 0.3 is 0 Å². The SMILES string of the molecule is CCC(=O)N[C@H](CCSC)c1nc2ccccc2[nH]1. The number of rotatable bonds is 6. The van der Waals surface area contributed by atoms with Gasteiger partial charge in [0.15, 0.2) is 0 Å². The average molecular weight is 277 g/mol. The van der Waals surface area contributed by atoms with E-state index in [0.29, 0.717) is 6.42 Å². The zero-order chi connectivity index (χ0) is 13.7. The highest BCUT2D eigenvalue weighted by Gasteiger charge is 2.17. The van der Waals surface area contributed by atoms with Gasteiger partial charge in [-0.3, -0.25) is 4.79 Å². The minimum atomic E-state index is -0.0349. The van der Waals surface area contributed by atoms with Crippen LogP contribution in [0, 0.1) is 0 Å². The van der Waals surface area contributed by atoms with Gasteiger partial charge < -0.3 is 10.3 Å². The van der Waals surface area contributed by atoms with Crippen molar-refractivity contribution < 1.29 is 4.79 Å². The Kier molecular flexibility index (Phi) is 4.85. The Hall–Kier alpha value is -1.49. The van der Waals surface area contributed by atoms with Crippen molar-refractivity contribution in [2.75, 3.05) is 12.0 Å². The summed E-state index contributed by atoms with van der Waals surface area (Å²) in [5, 5.41) is 3.03. The lowest BCUT2D eigenvalue weighted by atomic mass is 10.2. The third-order valence-electron chi connectivity index (χ3n) is 3.00. The van der Waals surface area contributed by atoms with E-state index in [1.165, 1.54) is 0 Å². The van der Waals surface area contributed by atoms with E-state index in [2.05, 4.69) is 21.5 Å². The lowest BCUT2D eigenvalue weighted by Gasteiger charge is -2.15. The summed E-state index contributed by atoms with van der Waals surface area (Å²) in [6.45, 7) is 1.86. The van der Waals surface area contributed by atoms with Crippen LogP contribution in [0.15, 0.2) is 24.3 Å². The van der Waals surface area contributed by atoms with Crippen LogP contribution in [-0.4, -0.2) is 27.9 Å². The maximum atomic E-state index is 11.6. The minimum absolute atomic E-state index is 0.0349. The van der Waals surface area contributed by atoms with Crippen molar-refractivity contribution in [1.82, 2.24) is 15.3 Å². The number of aromatic nitrogens is 2. The molecule has 1 heterocycles. The van der Waals surface area contributed by atoms with Crippen LogP contribution in [0.5, 0.6) is 0 Å². The molecule has 2 N–H and O–H groups in total. The fourth-order valence-electron chi connectivity index (χ4n) is 1.95. The highest BCUT2D eigenvalue weighted by molar-refractivity contribution is 7.98. The van der Waals surface area contributed by atoms with Crippen LogP contribution in [-0.2, 0) is 4.79 Å². The Morgan fingerprint density at radius 1 is 1.47 bits per heavy atom. The third-order valence-corrected chi connectivity index (χ3v) is 3.65. The molecule has 0 fully saturated rings. The largest absolute Gasteiger partial charge is 0.346 e. The molecule has 0 bridgehead atoms. The summed E-state index contributed by atoms with van der Waals surface area (Å²) >= 11 is 1.77. The second-order valence-corrected chi connectivity index (χ2v) is 5.38. The molecule has 0 radical (unpaired) electrons. The number of carbonyl (C=O) groups is 1. The van der Waals surface area contributed by atoms with Gasteiger partial charge in [-0.25, -0.2) is 4.98 Å². The molecule has 5 heteroatoms. The molecule has 0 saturated heterocycles. The van der Waals surface area contributed by atoms with E-state index in [1.54, 1.807) is 11.8 Å². The highest BCUT2D eigenvalue weighted by atomic mass is 32.2. The van der Waals surface area contributed by atoms with Gasteiger partial charge in [0.25, 0.3) is 0 Å². The van der Waals surface area contributed by atoms with Crippen LogP contribution in [0.4, 0.5) is 0 Å². The molecule has 0 unspecified atom stereocenters. The number of thioether (sulfide) groups is 1. The Morgan fingerprint density at radius 3 is 2.95 bits per heavy atom. The van der Waals surface area contributed by atoms with Gasteiger partial charge in [-0.05, 0) is 30.6 Å². The molecule has 1 aromatic carbocycles. The normalized spacial score (nSPS) is 12.5. The standard InChI is InChI=1S/C14H19N3OS/c1-3-13(18)15-12(8-9-19-2)14-16-10-6-4-5-7-11(10)17-14/h4-7,12H,3,8-9H2,1-2H3,(H,15,18)(H,16,17)/t12-/m1/s1. The molecule has 0 aliphatic carbocycles. The lowest BCUT2D eigenvalue weighted by molar-refractivity contribution is -0.121. The summed E-state index contributed by atoms with van der Waals surface area (Å²) < 4.78 is 0. The van der Waals surface area contributed by atoms with Crippen molar-refractivity contribution in [2.45, 2.75) is 25.8 Å². The number of hydrogen-bond donors (Lipinski definition) is 2. The number of nitrogens with one attached hydrogen (secondary N) is 2. The van der Waals surface area contributed by atoms with Crippen LogP contribution in [0.25, 0.3) is 11.0 Å². The summed E-state index contributed by atoms with van der Waals surface area (Å²) in [6, 6.07) is 7.88. The number of imidazole rings is 1. The number of carbonyl (C=O) groups excluding carboxylic acids is 1. The fourth-order valence-corrected chi connectivity index (χ4v) is 2.42. The van der Waals surface area contributed by atoms with Gasteiger partial charge in [-0.2, -0.15) is 11.8 Å². The molecule has 0 aliphatic heterocycles. The Bertz CT molecular complexity index is 519. The van der Waals surface area contributed by atoms with Gasteiger partial charge in [0.2, 0.25) is 5.91 Å². The van der Waals surface area contributed by atoms with Crippen molar-refractivity contribution in [2.24, 2.45) is 0 Å². The van der Waals surface area contributed by atoms with E-state index in [9.17, 15) is 4.79 Å². The van der Waals surface area contributed by atoms with E-state index in [0.717, 1.165) is 29.0 Å². The van der Waals surface area contributed by atoms with E-state index < -0.39 is 0 Å². The number of amides is 1. The molecule has 0 saturated carbocycles. The Balaban J connectivity index is 2.22. The van der Waals surface area contributed by atoms with Crippen molar-refractivity contribution in [3.8, 4) is 0 Å². The molecule has 1 atom stereocenters. The van der Waals surface area contributed by atoms with Gasteiger partial charge in [-0.1, -0.05) is 19.1 Å². The summed E-state index contributed by atoms with van der Waals surface area (Å²) in [5.41, 5.74) is 1.95. The number of H-pyrrole nitrogens is 1. The zero-order valence-electron chi connectivity index (χ0n) is 11.3. The molecule has 102 valence electrons. The van der Waals surface area contributed by atoms with Crippen molar-refractivity contribution in [1.29, 1.82) is 0 Å². The number of para-hydroxylation sites is 2. The van der Waals surface area contributed by atoms with Crippen molar-refractivity contribution in [3.63, 3.8) is 0 Å². The summed E-state index contributed by atoms with van der Waals surface area (Å²) in [6.07, 6.45) is 3.44. The first-order chi connectivity index (χ1) is 9.24. The molecule has 4 nitrogen and oxygen atoms in total. The van der Waals surface area contributed by atoms with E-state index in [-0.39, 0.29) is 11.9 Å². The monoisotopic (exact) mass is 277 g/mol. The summed E-state index contributed by atoms with van der Waals surface area (Å²) in [4.78, 5) is 19.5. The number of hydrogen-bond acceptors (Lipinski definition) is 3. The van der Waals surface area contributed by atoms with Gasteiger partial charge in [0, 0.05) is 6.42 Å². The zero-order valence-corrected chi connectivity index (χ0v) is 12.1. The molecule has 19 heavy (non-hydrogen) atoms. The van der Waals surface area contributed by atoms with Crippen LogP contribution in [0.3, 0.4) is 0 Å². The lowest BCUT2D eigenvalue weighted by Crippen LogP contribution is -2.29. The molecule has 0 spiro atoms. The molecule has 0 aliphatic rings. The molecular formula is C14H19N3OS. The molecule has 2 rings (SSSR count). The van der Waals surface area contributed by atoms with E-state index >= 15 is 0 Å². The maximum absolute atomic E-state index is 11.6. The van der Waals surface area contributed by atoms with Crippen LogP contribution in [0.2, 0.25) is 0 Å². The highest BCUT2D eigenvalue weighted by Crippen LogP contribution is 2.20. The molecule has 1 amide bonds. The first-order valence-electron chi connectivity index (χ1n) is 6.47. The first kappa shape index (κ1) is 13.9. The van der Waals surface area contributed by atoms with Crippen LogP contribution >= 0.6 is 11.8 Å². The van der Waals surface area contributed by atoms with Crippen molar-refractivity contribution in [3.05, 3.63) is 30.1 Å². The second kappa shape index (κ2) is 6.61. The summed E-state index contributed by atoms with van der Waals surface area (Å²) in [7, 11) is 0. The molecule has 2 aromatic rings. The maximum Gasteiger partial charge on any atom is 0.220 e. The number of benzene rings is 1. The third kappa shape index (κ3) is 3.50. The number of nitrogens with zero attached hydrogens (tertiary/aromatic N) is 1. The first-order valence-corrected chi connectivity index (χ1v) is 7.87. The topological polar surface area (TPSA) is 57.8 Å². The predicted octanol–water partition coefficient (Wildman–Crippen LogP) is 2.88.